The van der Waals surface area contributed by atoms with E-state index in [9.17, 15) is 4.79 Å². The molecule has 0 bridgehead atoms. The molecule has 0 radical (unpaired) electrons. The Bertz CT molecular complexity index is 423. The highest BCUT2D eigenvalue weighted by Crippen LogP contribution is 2.03. The molecule has 0 fully saturated rings. The van der Waals surface area contributed by atoms with Crippen LogP contribution < -0.4 is 5.32 Å². The average Bonchev–Trinajstić information content (AvgIpc) is 2.22. The number of aromatic nitrogens is 3. The van der Waals surface area contributed by atoms with Gasteiger partial charge >= 0.3 is 0 Å². The molecule has 15 heavy (non-hydrogen) atoms. The minimum Gasteiger partial charge on any atom is -0.292 e. The molecule has 1 atom stereocenters. The smallest absolute Gasteiger partial charge is 0.249 e. The minimum atomic E-state index is -0.727. The molecule has 78 valence electrons. The van der Waals surface area contributed by atoms with E-state index in [0.29, 0.717) is 11.4 Å². The maximum absolute atomic E-state index is 11.3. The Morgan fingerprint density at radius 1 is 1.40 bits per heavy atom. The molecule has 0 saturated carbocycles. The maximum atomic E-state index is 11.3. The van der Waals surface area contributed by atoms with E-state index in [4.69, 9.17) is 5.26 Å². The first-order chi connectivity index (χ1) is 7.04. The number of nitrogens with zero attached hydrogens (tertiary/aromatic N) is 4. The Kier molecular flexibility index (Phi) is 3.29. The number of nitriles is 1. The molecule has 1 heterocycles. The molecule has 0 aliphatic carbocycles. The average molecular weight is 205 g/mol. The van der Waals surface area contributed by atoms with Gasteiger partial charge in [0, 0.05) is 0 Å². The molecule has 6 heteroatoms. The molecule has 1 aromatic rings. The van der Waals surface area contributed by atoms with E-state index in [0.717, 1.165) is 0 Å². The molecule has 1 aromatic heterocycles. The predicted molar refractivity (Wildman–Crippen MR) is 52.7 cm³/mol. The van der Waals surface area contributed by atoms with Crippen molar-refractivity contribution in [1.29, 1.82) is 5.26 Å². The van der Waals surface area contributed by atoms with Crippen LogP contribution in [0.15, 0.2) is 0 Å². The molecule has 1 N–H and O–H groups in total. The van der Waals surface area contributed by atoms with E-state index in [1.54, 1.807) is 13.8 Å². The highest BCUT2D eigenvalue weighted by molar-refractivity contribution is 5.92. The van der Waals surface area contributed by atoms with Gasteiger partial charge in [0.2, 0.25) is 11.9 Å². The molecule has 1 unspecified atom stereocenters. The van der Waals surface area contributed by atoms with Crippen LogP contribution in [0.4, 0.5) is 5.95 Å². The van der Waals surface area contributed by atoms with Crippen molar-refractivity contribution in [3.63, 3.8) is 0 Å². The van der Waals surface area contributed by atoms with Gasteiger partial charge in [-0.25, -0.2) is 4.98 Å². The molecule has 0 spiro atoms. The predicted octanol–water partition coefficient (Wildman–Crippen LogP) is 0.587. The number of hydrogen-bond acceptors (Lipinski definition) is 5. The van der Waals surface area contributed by atoms with Gasteiger partial charge in [-0.15, -0.1) is 5.10 Å². The second-order valence-electron chi connectivity index (χ2n) is 3.15. The second-order valence-corrected chi connectivity index (χ2v) is 3.15. The molecule has 0 saturated heterocycles. The Morgan fingerprint density at radius 3 is 2.60 bits per heavy atom. The lowest BCUT2D eigenvalue weighted by Gasteiger charge is -2.04. The van der Waals surface area contributed by atoms with Crippen molar-refractivity contribution >= 4 is 11.9 Å². The van der Waals surface area contributed by atoms with Crippen LogP contribution in [0, 0.1) is 31.1 Å². The third kappa shape index (κ3) is 2.71. The Labute approximate surface area is 87.4 Å². The normalized spacial score (nSPS) is 11.6. The molecule has 0 aliphatic heterocycles. The number of carbonyl (C=O) groups excluding carboxylic acids is 1. The van der Waals surface area contributed by atoms with Crippen molar-refractivity contribution in [1.82, 2.24) is 15.2 Å². The summed E-state index contributed by atoms with van der Waals surface area (Å²) in [5.74, 6) is -1.03. The Morgan fingerprint density at radius 2 is 2.07 bits per heavy atom. The fourth-order valence-electron chi connectivity index (χ4n) is 0.787. The van der Waals surface area contributed by atoms with Crippen LogP contribution in [-0.4, -0.2) is 21.1 Å². The van der Waals surface area contributed by atoms with E-state index in [1.165, 1.54) is 6.92 Å². The first-order valence-electron chi connectivity index (χ1n) is 4.43. The Balaban J connectivity index is 2.78. The molecule has 6 nitrogen and oxygen atoms in total. The van der Waals surface area contributed by atoms with Crippen LogP contribution in [0.5, 0.6) is 0 Å². The molecule has 1 rings (SSSR count). The minimum absolute atomic E-state index is 0.130. The zero-order valence-corrected chi connectivity index (χ0v) is 8.77. The van der Waals surface area contributed by atoms with Crippen molar-refractivity contribution in [2.45, 2.75) is 20.8 Å². The summed E-state index contributed by atoms with van der Waals surface area (Å²) in [5, 5.41) is 18.4. The lowest BCUT2D eigenvalue weighted by Crippen LogP contribution is -2.21. The van der Waals surface area contributed by atoms with Crippen molar-refractivity contribution < 1.29 is 4.79 Å². The van der Waals surface area contributed by atoms with Gasteiger partial charge in [-0.1, -0.05) is 0 Å². The van der Waals surface area contributed by atoms with Crippen molar-refractivity contribution in [2.24, 2.45) is 5.92 Å². The SMILES string of the molecule is Cc1nnc(NC(=O)C(C)C#N)nc1C. The van der Waals surface area contributed by atoms with Crippen LogP contribution in [0.25, 0.3) is 0 Å². The molecular formula is C9H11N5O. The van der Waals surface area contributed by atoms with E-state index in [2.05, 4.69) is 20.5 Å². The zero-order chi connectivity index (χ0) is 11.4. The van der Waals surface area contributed by atoms with Crippen LogP contribution in [-0.2, 0) is 4.79 Å². The fraction of sp³-hybridized carbons (Fsp3) is 0.444. The first-order valence-corrected chi connectivity index (χ1v) is 4.43. The summed E-state index contributed by atoms with van der Waals surface area (Å²) < 4.78 is 0. The highest BCUT2D eigenvalue weighted by Gasteiger charge is 2.13. The van der Waals surface area contributed by atoms with Crippen LogP contribution in [0.3, 0.4) is 0 Å². The number of hydrogen-bond donors (Lipinski definition) is 1. The highest BCUT2D eigenvalue weighted by atomic mass is 16.2. The summed E-state index contributed by atoms with van der Waals surface area (Å²) in [6.07, 6.45) is 0. The monoisotopic (exact) mass is 205 g/mol. The maximum Gasteiger partial charge on any atom is 0.249 e. The van der Waals surface area contributed by atoms with Gasteiger partial charge in [0.1, 0.15) is 5.92 Å². The summed E-state index contributed by atoms with van der Waals surface area (Å²) in [5.41, 5.74) is 1.41. The summed E-state index contributed by atoms with van der Waals surface area (Å²) in [6, 6.07) is 1.82. The first kappa shape index (κ1) is 11.0. The van der Waals surface area contributed by atoms with E-state index < -0.39 is 11.8 Å². The van der Waals surface area contributed by atoms with Crippen molar-refractivity contribution in [3.05, 3.63) is 11.4 Å². The number of nitrogens with one attached hydrogen (secondary N) is 1. The molecule has 0 aliphatic rings. The van der Waals surface area contributed by atoms with Crippen LogP contribution in [0.1, 0.15) is 18.3 Å². The summed E-state index contributed by atoms with van der Waals surface area (Å²) in [6.45, 7) is 5.05. The second kappa shape index (κ2) is 4.46. The molecular weight excluding hydrogens is 194 g/mol. The quantitative estimate of drug-likeness (QED) is 0.762. The van der Waals surface area contributed by atoms with Gasteiger partial charge in [0.25, 0.3) is 0 Å². The topological polar surface area (TPSA) is 91.6 Å². The number of rotatable bonds is 2. The third-order valence-corrected chi connectivity index (χ3v) is 1.91. The summed E-state index contributed by atoms with van der Waals surface area (Å²) in [7, 11) is 0. The van der Waals surface area contributed by atoms with Gasteiger partial charge in [0.15, 0.2) is 0 Å². The van der Waals surface area contributed by atoms with Gasteiger partial charge < -0.3 is 0 Å². The molecule has 1 amide bonds. The number of amides is 1. The van der Waals surface area contributed by atoms with Gasteiger partial charge in [-0.05, 0) is 20.8 Å². The largest absolute Gasteiger partial charge is 0.292 e. The lowest BCUT2D eigenvalue weighted by molar-refractivity contribution is -0.118. The summed E-state index contributed by atoms with van der Waals surface area (Å²) in [4.78, 5) is 15.3. The van der Waals surface area contributed by atoms with Gasteiger partial charge in [0.05, 0.1) is 17.5 Å². The fourth-order valence-corrected chi connectivity index (χ4v) is 0.787. The third-order valence-electron chi connectivity index (χ3n) is 1.91. The van der Waals surface area contributed by atoms with E-state index in [-0.39, 0.29) is 5.95 Å². The van der Waals surface area contributed by atoms with Gasteiger partial charge in [-0.2, -0.15) is 10.4 Å². The number of aryl methyl sites for hydroxylation is 2. The standard InChI is InChI=1S/C9H11N5O/c1-5(4-10)8(15)12-9-11-6(2)7(3)13-14-9/h5H,1-3H3,(H,11,12,14,15). The van der Waals surface area contributed by atoms with Crippen molar-refractivity contribution in [2.75, 3.05) is 5.32 Å². The zero-order valence-electron chi connectivity index (χ0n) is 8.77. The lowest BCUT2D eigenvalue weighted by atomic mass is 10.2. The van der Waals surface area contributed by atoms with E-state index in [1.807, 2.05) is 6.07 Å². The van der Waals surface area contributed by atoms with Crippen LogP contribution in [0.2, 0.25) is 0 Å². The van der Waals surface area contributed by atoms with Crippen LogP contribution >= 0.6 is 0 Å². The van der Waals surface area contributed by atoms with E-state index >= 15 is 0 Å². The van der Waals surface area contributed by atoms with Crippen molar-refractivity contribution in [3.8, 4) is 6.07 Å². The molecule has 0 aromatic carbocycles. The Hall–Kier alpha value is -2.03. The summed E-state index contributed by atoms with van der Waals surface area (Å²) >= 11 is 0. The number of anilines is 1. The number of carbonyl (C=O) groups is 1. The van der Waals surface area contributed by atoms with Gasteiger partial charge in [-0.3, -0.25) is 10.1 Å².